The molecule has 0 saturated heterocycles. The lowest BCUT2D eigenvalue weighted by Crippen LogP contribution is -1.94. The Hall–Kier alpha value is -1.12. The molecule has 0 atom stereocenters. The summed E-state index contributed by atoms with van der Waals surface area (Å²) in [5.41, 5.74) is 0. The third kappa shape index (κ3) is 1.90. The zero-order valence-electron chi connectivity index (χ0n) is 6.10. The molecular weight excluding hydrogens is 150 g/mol. The van der Waals surface area contributed by atoms with Gasteiger partial charge < -0.3 is 4.74 Å². The number of halogens is 2. The summed E-state index contributed by atoms with van der Waals surface area (Å²) in [4.78, 5) is 0. The van der Waals surface area contributed by atoms with Crippen molar-refractivity contribution in [2.75, 3.05) is 6.61 Å². The molecule has 0 N–H and O–H groups in total. The van der Waals surface area contributed by atoms with Crippen LogP contribution in [0.5, 0.6) is 5.75 Å². The Kier molecular flexibility index (Phi) is 2.41. The van der Waals surface area contributed by atoms with Gasteiger partial charge in [-0.2, -0.15) is 0 Å². The number of ether oxygens (including phenoxy) is 1. The molecule has 11 heavy (non-hydrogen) atoms. The van der Waals surface area contributed by atoms with Crippen molar-refractivity contribution in [2.24, 2.45) is 0 Å². The second-order valence-electron chi connectivity index (χ2n) is 2.01. The Labute approximate surface area is 63.6 Å². The molecule has 0 aliphatic heterocycles. The number of hydrogen-bond donors (Lipinski definition) is 0. The lowest BCUT2D eigenvalue weighted by Gasteiger charge is -2.02. The quantitative estimate of drug-likeness (QED) is 0.642. The summed E-state index contributed by atoms with van der Waals surface area (Å²) in [6.45, 7) is 2.05. The van der Waals surface area contributed by atoms with Crippen LogP contribution in [0.25, 0.3) is 0 Å². The second-order valence-corrected chi connectivity index (χ2v) is 2.01. The normalized spacial score (nSPS) is 9.73. The smallest absolute Gasteiger partial charge is 0.165 e. The van der Waals surface area contributed by atoms with E-state index < -0.39 is 11.6 Å². The molecule has 0 fully saturated rings. The van der Waals surface area contributed by atoms with E-state index in [9.17, 15) is 8.78 Å². The van der Waals surface area contributed by atoms with Crippen molar-refractivity contribution in [1.82, 2.24) is 0 Å². The minimum atomic E-state index is -0.534. The van der Waals surface area contributed by atoms with Crippen molar-refractivity contribution in [2.45, 2.75) is 6.92 Å². The average molecular weight is 158 g/mol. The summed E-state index contributed by atoms with van der Waals surface area (Å²) in [6, 6.07) is 3.12. The van der Waals surface area contributed by atoms with Crippen LogP contribution in [0.2, 0.25) is 0 Å². The third-order valence-corrected chi connectivity index (χ3v) is 1.19. The molecule has 1 nitrogen and oxygen atoms in total. The van der Waals surface area contributed by atoms with Gasteiger partial charge in [0.15, 0.2) is 11.6 Å². The fourth-order valence-corrected chi connectivity index (χ4v) is 0.743. The van der Waals surface area contributed by atoms with E-state index in [-0.39, 0.29) is 5.75 Å². The van der Waals surface area contributed by atoms with E-state index in [2.05, 4.69) is 0 Å². The number of benzene rings is 1. The van der Waals surface area contributed by atoms with Gasteiger partial charge in [0.25, 0.3) is 0 Å². The average Bonchev–Trinajstić information content (AvgIpc) is 1.98. The Bertz CT molecular complexity index is 248. The van der Waals surface area contributed by atoms with Gasteiger partial charge in [0.1, 0.15) is 5.82 Å². The molecule has 1 rings (SSSR count). The van der Waals surface area contributed by atoms with Crippen molar-refractivity contribution < 1.29 is 13.5 Å². The first-order valence-corrected chi connectivity index (χ1v) is 3.32. The molecule has 0 unspecified atom stereocenters. The summed E-state index contributed by atoms with van der Waals surface area (Å²) in [5, 5.41) is 0. The first kappa shape index (κ1) is 7.98. The predicted octanol–water partition coefficient (Wildman–Crippen LogP) is 2.36. The lowest BCUT2D eigenvalue weighted by molar-refractivity contribution is 0.319. The summed E-state index contributed by atoms with van der Waals surface area (Å²) in [7, 11) is 0. The largest absolute Gasteiger partial charge is 0.491 e. The van der Waals surface area contributed by atoms with Gasteiger partial charge in [0.2, 0.25) is 0 Å². The Balaban J connectivity index is 2.93. The first-order chi connectivity index (χ1) is 5.24. The molecular formula is C8H8F2O. The van der Waals surface area contributed by atoms with Crippen LogP contribution in [0.1, 0.15) is 6.92 Å². The van der Waals surface area contributed by atoms with Crippen LogP contribution in [-0.2, 0) is 0 Å². The van der Waals surface area contributed by atoms with E-state index in [1.165, 1.54) is 0 Å². The molecule has 1 aromatic rings. The molecule has 60 valence electrons. The van der Waals surface area contributed by atoms with E-state index in [4.69, 9.17) is 4.74 Å². The van der Waals surface area contributed by atoms with Crippen LogP contribution in [0, 0.1) is 11.6 Å². The Morgan fingerprint density at radius 2 is 2.09 bits per heavy atom. The number of rotatable bonds is 2. The zero-order chi connectivity index (χ0) is 8.27. The third-order valence-electron chi connectivity index (χ3n) is 1.19. The van der Waals surface area contributed by atoms with Crippen molar-refractivity contribution in [3.05, 3.63) is 29.8 Å². The van der Waals surface area contributed by atoms with Gasteiger partial charge in [0.05, 0.1) is 6.61 Å². The molecule has 0 radical (unpaired) electrons. The van der Waals surface area contributed by atoms with Crippen molar-refractivity contribution >= 4 is 0 Å². The summed E-state index contributed by atoms with van der Waals surface area (Å²) < 4.78 is 29.9. The molecule has 0 aromatic heterocycles. The Morgan fingerprint density at radius 1 is 1.36 bits per heavy atom. The highest BCUT2D eigenvalue weighted by Crippen LogP contribution is 2.17. The lowest BCUT2D eigenvalue weighted by atomic mass is 10.3. The number of hydrogen-bond acceptors (Lipinski definition) is 1. The molecule has 0 bridgehead atoms. The fraction of sp³-hybridized carbons (Fsp3) is 0.250. The van der Waals surface area contributed by atoms with E-state index in [1.807, 2.05) is 0 Å². The molecule has 0 amide bonds. The second kappa shape index (κ2) is 3.32. The van der Waals surface area contributed by atoms with E-state index in [1.54, 1.807) is 6.92 Å². The van der Waals surface area contributed by atoms with Crippen LogP contribution in [0.15, 0.2) is 18.2 Å². The molecule has 0 saturated carbocycles. The van der Waals surface area contributed by atoms with Gasteiger partial charge in [-0.15, -0.1) is 0 Å². The SMILES string of the molecule is CCOc1cc(F)ccc1F. The van der Waals surface area contributed by atoms with Gasteiger partial charge in [0, 0.05) is 6.07 Å². The first-order valence-electron chi connectivity index (χ1n) is 3.32. The molecule has 0 aliphatic rings. The molecule has 0 spiro atoms. The molecule has 0 aliphatic carbocycles. The van der Waals surface area contributed by atoms with Gasteiger partial charge in [-0.05, 0) is 19.1 Å². The highest BCUT2D eigenvalue weighted by molar-refractivity contribution is 5.24. The molecule has 1 aromatic carbocycles. The highest BCUT2D eigenvalue weighted by atomic mass is 19.1. The van der Waals surface area contributed by atoms with Crippen LogP contribution >= 0.6 is 0 Å². The van der Waals surface area contributed by atoms with Gasteiger partial charge in [-0.25, -0.2) is 8.78 Å². The summed E-state index contributed by atoms with van der Waals surface area (Å²) in [6.07, 6.45) is 0. The van der Waals surface area contributed by atoms with E-state index in [0.717, 1.165) is 18.2 Å². The van der Waals surface area contributed by atoms with E-state index in [0.29, 0.717) is 6.61 Å². The monoisotopic (exact) mass is 158 g/mol. The maximum atomic E-state index is 12.7. The Morgan fingerprint density at radius 3 is 2.73 bits per heavy atom. The van der Waals surface area contributed by atoms with Crippen molar-refractivity contribution in [3.8, 4) is 5.75 Å². The maximum Gasteiger partial charge on any atom is 0.165 e. The zero-order valence-corrected chi connectivity index (χ0v) is 6.10. The van der Waals surface area contributed by atoms with Gasteiger partial charge in [-0.3, -0.25) is 0 Å². The van der Waals surface area contributed by atoms with Crippen LogP contribution in [0.4, 0.5) is 8.78 Å². The molecule has 3 heteroatoms. The van der Waals surface area contributed by atoms with Gasteiger partial charge in [-0.1, -0.05) is 0 Å². The molecule has 0 heterocycles. The standard InChI is InChI=1S/C8H8F2O/c1-2-11-8-5-6(9)3-4-7(8)10/h3-5H,2H2,1H3. The minimum absolute atomic E-state index is 0.0347. The van der Waals surface area contributed by atoms with E-state index >= 15 is 0 Å². The van der Waals surface area contributed by atoms with Crippen LogP contribution in [0.3, 0.4) is 0 Å². The predicted molar refractivity (Wildman–Crippen MR) is 37.5 cm³/mol. The fourth-order valence-electron chi connectivity index (χ4n) is 0.743. The van der Waals surface area contributed by atoms with Gasteiger partial charge >= 0.3 is 0 Å². The highest BCUT2D eigenvalue weighted by Gasteiger charge is 2.02. The van der Waals surface area contributed by atoms with Crippen molar-refractivity contribution in [3.63, 3.8) is 0 Å². The van der Waals surface area contributed by atoms with Crippen molar-refractivity contribution in [1.29, 1.82) is 0 Å². The summed E-state index contributed by atoms with van der Waals surface area (Å²) >= 11 is 0. The maximum absolute atomic E-state index is 12.7. The minimum Gasteiger partial charge on any atom is -0.491 e. The van der Waals surface area contributed by atoms with Crippen LogP contribution in [-0.4, -0.2) is 6.61 Å². The van der Waals surface area contributed by atoms with Crippen LogP contribution < -0.4 is 4.74 Å². The topological polar surface area (TPSA) is 9.23 Å². The summed E-state index contributed by atoms with van der Waals surface area (Å²) in [5.74, 6) is -1.06.